The Morgan fingerprint density at radius 2 is 1.32 bits per heavy atom. The number of nitrogens with zero attached hydrogens (tertiary/aromatic N) is 1. The van der Waals surface area contributed by atoms with Gasteiger partial charge in [-0.1, -0.05) is 78.9 Å². The normalized spacial score (nSPS) is 12.5. The molecular formula is C29H23N3O6. The Labute approximate surface area is 218 Å². The molecule has 0 unspecified atom stereocenters. The van der Waals surface area contributed by atoms with Crippen molar-refractivity contribution in [3.05, 3.63) is 130 Å². The van der Waals surface area contributed by atoms with E-state index in [2.05, 4.69) is 22.8 Å². The van der Waals surface area contributed by atoms with Crippen molar-refractivity contribution in [2.45, 2.75) is 12.1 Å². The van der Waals surface area contributed by atoms with E-state index < -0.39 is 23.3 Å². The van der Waals surface area contributed by atoms with Gasteiger partial charge >= 0.3 is 12.2 Å². The fourth-order valence-electron chi connectivity index (χ4n) is 4.50. The monoisotopic (exact) mass is 509 g/mol. The maximum atomic E-state index is 12.9. The number of benzene rings is 4. The molecule has 38 heavy (non-hydrogen) atoms. The van der Waals surface area contributed by atoms with Crippen molar-refractivity contribution in [2.24, 2.45) is 0 Å². The fourth-order valence-corrected chi connectivity index (χ4v) is 4.50. The van der Waals surface area contributed by atoms with Crippen molar-refractivity contribution < 1.29 is 24.0 Å². The number of ether oxygens (including phenoxy) is 2. The molecule has 1 atom stereocenters. The molecule has 2 amide bonds. The number of nitro groups is 1. The second-order valence-corrected chi connectivity index (χ2v) is 8.60. The van der Waals surface area contributed by atoms with Gasteiger partial charge in [0.1, 0.15) is 18.5 Å². The van der Waals surface area contributed by atoms with E-state index >= 15 is 0 Å². The Morgan fingerprint density at radius 1 is 0.763 bits per heavy atom. The minimum absolute atomic E-state index is 0.108. The van der Waals surface area contributed by atoms with Crippen LogP contribution >= 0.6 is 0 Å². The highest BCUT2D eigenvalue weighted by Crippen LogP contribution is 2.44. The molecule has 9 nitrogen and oxygen atoms in total. The second-order valence-electron chi connectivity index (χ2n) is 8.60. The number of hydrogen-bond acceptors (Lipinski definition) is 6. The van der Waals surface area contributed by atoms with Crippen LogP contribution in [0, 0.1) is 10.1 Å². The van der Waals surface area contributed by atoms with Gasteiger partial charge in [-0.2, -0.15) is 0 Å². The average molecular weight is 510 g/mol. The molecule has 0 aromatic heterocycles. The van der Waals surface area contributed by atoms with Gasteiger partial charge in [0.2, 0.25) is 0 Å². The highest BCUT2D eigenvalue weighted by atomic mass is 16.6. The minimum atomic E-state index is -0.947. The summed E-state index contributed by atoms with van der Waals surface area (Å²) >= 11 is 0. The van der Waals surface area contributed by atoms with Gasteiger partial charge in [-0.15, -0.1) is 0 Å². The topological polar surface area (TPSA) is 120 Å². The van der Waals surface area contributed by atoms with Gasteiger partial charge in [-0.25, -0.2) is 9.59 Å². The van der Waals surface area contributed by atoms with E-state index in [9.17, 15) is 19.7 Å². The molecule has 0 bridgehead atoms. The first-order valence-electron chi connectivity index (χ1n) is 11.9. The van der Waals surface area contributed by atoms with E-state index in [1.54, 1.807) is 24.3 Å². The maximum Gasteiger partial charge on any atom is 0.414 e. The van der Waals surface area contributed by atoms with Crippen LogP contribution in [0.1, 0.15) is 28.8 Å². The first-order chi connectivity index (χ1) is 18.5. The molecule has 9 heteroatoms. The van der Waals surface area contributed by atoms with Crippen molar-refractivity contribution >= 4 is 17.9 Å². The molecule has 5 rings (SSSR count). The molecule has 0 saturated carbocycles. The molecule has 0 fully saturated rings. The molecule has 4 aromatic carbocycles. The largest absolute Gasteiger partial charge is 0.449 e. The van der Waals surface area contributed by atoms with Crippen molar-refractivity contribution in [2.75, 3.05) is 6.61 Å². The molecule has 0 aliphatic heterocycles. The summed E-state index contributed by atoms with van der Waals surface area (Å²) in [6.07, 6.45) is -2.51. The molecule has 0 heterocycles. The number of nitro benzene ring substituents is 1. The van der Waals surface area contributed by atoms with Crippen LogP contribution in [0.25, 0.3) is 11.1 Å². The second kappa shape index (κ2) is 10.8. The number of rotatable bonds is 7. The lowest BCUT2D eigenvalue weighted by molar-refractivity contribution is -0.384. The minimum Gasteiger partial charge on any atom is -0.449 e. The highest BCUT2D eigenvalue weighted by molar-refractivity contribution is 5.79. The molecule has 1 aliphatic rings. The van der Waals surface area contributed by atoms with Crippen LogP contribution in [0.4, 0.5) is 15.3 Å². The molecule has 0 radical (unpaired) electrons. The Bertz CT molecular complexity index is 1430. The van der Waals surface area contributed by atoms with Crippen LogP contribution in [0.5, 0.6) is 5.75 Å². The van der Waals surface area contributed by atoms with Gasteiger partial charge < -0.3 is 9.47 Å². The number of amides is 2. The molecular weight excluding hydrogens is 486 g/mol. The Hall–Kier alpha value is -5.18. The Morgan fingerprint density at radius 3 is 1.92 bits per heavy atom. The zero-order valence-electron chi connectivity index (χ0n) is 20.1. The number of carbonyl (C=O) groups is 2. The zero-order valence-corrected chi connectivity index (χ0v) is 20.1. The van der Waals surface area contributed by atoms with E-state index in [-0.39, 0.29) is 24.0 Å². The SMILES string of the molecule is O=C(N[C@H](NC(=O)Oc1ccc([N+](=O)[O-])cc1)c1ccccc1)OCC1c2ccccc2-c2ccccc21. The van der Waals surface area contributed by atoms with E-state index in [1.165, 1.54) is 24.3 Å². The number of hydrogen-bond donors (Lipinski definition) is 2. The quantitative estimate of drug-likeness (QED) is 0.181. The smallest absolute Gasteiger partial charge is 0.414 e. The summed E-state index contributed by atoms with van der Waals surface area (Å²) in [5, 5.41) is 16.1. The first-order valence-corrected chi connectivity index (χ1v) is 11.9. The van der Waals surface area contributed by atoms with Gasteiger partial charge in [-0.05, 0) is 39.9 Å². The van der Waals surface area contributed by atoms with Crippen molar-refractivity contribution in [3.63, 3.8) is 0 Å². The van der Waals surface area contributed by atoms with Gasteiger partial charge in [0.05, 0.1) is 4.92 Å². The zero-order chi connectivity index (χ0) is 26.5. The molecule has 0 saturated heterocycles. The van der Waals surface area contributed by atoms with Crippen LogP contribution in [0.15, 0.2) is 103 Å². The average Bonchev–Trinajstić information content (AvgIpc) is 3.26. The van der Waals surface area contributed by atoms with E-state index in [1.807, 2.05) is 42.5 Å². The van der Waals surface area contributed by atoms with Crippen LogP contribution in [-0.2, 0) is 4.74 Å². The van der Waals surface area contributed by atoms with E-state index in [0.717, 1.165) is 22.3 Å². The van der Waals surface area contributed by atoms with Crippen LogP contribution < -0.4 is 15.4 Å². The van der Waals surface area contributed by atoms with Crippen LogP contribution in [0.3, 0.4) is 0 Å². The van der Waals surface area contributed by atoms with Gasteiger partial charge in [0.25, 0.3) is 5.69 Å². The van der Waals surface area contributed by atoms with Crippen molar-refractivity contribution in [1.82, 2.24) is 10.6 Å². The van der Waals surface area contributed by atoms with Gasteiger partial charge in [0, 0.05) is 18.1 Å². The number of nitrogens with one attached hydrogen (secondary N) is 2. The summed E-state index contributed by atoms with van der Waals surface area (Å²) in [5.41, 5.74) is 4.89. The van der Waals surface area contributed by atoms with Crippen molar-refractivity contribution in [3.8, 4) is 16.9 Å². The summed E-state index contributed by atoms with van der Waals surface area (Å²) < 4.78 is 10.9. The summed E-state index contributed by atoms with van der Waals surface area (Å²) in [4.78, 5) is 35.7. The predicted molar refractivity (Wildman–Crippen MR) is 140 cm³/mol. The Balaban J connectivity index is 1.25. The Kier molecular flexibility index (Phi) is 6.99. The van der Waals surface area contributed by atoms with Crippen molar-refractivity contribution in [1.29, 1.82) is 0 Å². The number of fused-ring (bicyclic) bond motifs is 3. The third kappa shape index (κ3) is 5.31. The number of carbonyl (C=O) groups excluding carboxylic acids is 2. The fraction of sp³-hybridized carbons (Fsp3) is 0.103. The van der Waals surface area contributed by atoms with Gasteiger partial charge in [0.15, 0.2) is 0 Å². The third-order valence-corrected chi connectivity index (χ3v) is 6.26. The molecule has 1 aliphatic carbocycles. The lowest BCUT2D eigenvalue weighted by atomic mass is 9.98. The van der Waals surface area contributed by atoms with Crippen LogP contribution in [-0.4, -0.2) is 23.7 Å². The lowest BCUT2D eigenvalue weighted by Gasteiger charge is -2.21. The lowest BCUT2D eigenvalue weighted by Crippen LogP contribution is -2.42. The number of alkyl carbamates (subject to hydrolysis) is 1. The van der Waals surface area contributed by atoms with Crippen LogP contribution in [0.2, 0.25) is 0 Å². The van der Waals surface area contributed by atoms with E-state index in [0.29, 0.717) is 5.56 Å². The summed E-state index contributed by atoms with van der Waals surface area (Å²) in [6, 6.07) is 30.0. The summed E-state index contributed by atoms with van der Waals surface area (Å²) in [5.74, 6) is 0.00411. The molecule has 2 N–H and O–H groups in total. The molecule has 4 aromatic rings. The highest BCUT2D eigenvalue weighted by Gasteiger charge is 2.29. The molecule has 190 valence electrons. The maximum absolute atomic E-state index is 12.9. The summed E-state index contributed by atoms with van der Waals surface area (Å²) in [6.45, 7) is 0.120. The predicted octanol–water partition coefficient (Wildman–Crippen LogP) is 5.92. The van der Waals surface area contributed by atoms with E-state index in [4.69, 9.17) is 9.47 Å². The van der Waals surface area contributed by atoms with Gasteiger partial charge in [-0.3, -0.25) is 20.7 Å². The molecule has 0 spiro atoms. The first kappa shape index (κ1) is 24.5. The third-order valence-electron chi connectivity index (χ3n) is 6.26. The number of non-ortho nitro benzene ring substituents is 1. The standard InChI is InChI=1S/C29H23N3O6/c33-28(37-18-26-24-12-6-4-10-22(24)23-11-5-7-13-25(23)26)30-27(19-8-2-1-3-9-19)31-29(34)38-21-16-14-20(15-17-21)32(35)36/h1-17,26-27H,18H2,(H,30,33)(H,31,34)/t27-/m1/s1. The summed E-state index contributed by atoms with van der Waals surface area (Å²) in [7, 11) is 0.